The number of carbonyl (C=O) groups excluding carboxylic acids is 1. The zero-order valence-corrected chi connectivity index (χ0v) is 9.66. The first-order chi connectivity index (χ1) is 7.52. The summed E-state index contributed by atoms with van der Waals surface area (Å²) in [6, 6.07) is 5.88. The van der Waals surface area contributed by atoms with Crippen LogP contribution in [0, 0.1) is 13.8 Å². The van der Waals surface area contributed by atoms with Gasteiger partial charge in [-0.1, -0.05) is 35.4 Å². The summed E-state index contributed by atoms with van der Waals surface area (Å²) in [5.74, 6) is -0.874. The first kappa shape index (κ1) is 12.4. The number of methoxy groups -OCH3 is 1. The Balaban J connectivity index is 2.80. The highest BCUT2D eigenvalue weighted by molar-refractivity contribution is 5.78. The molecule has 0 N–H and O–H groups in total. The molecular formula is C13H15FO2. The predicted octanol–water partition coefficient (Wildman–Crippen LogP) is 2.83. The lowest BCUT2D eigenvalue weighted by Crippen LogP contribution is -2.14. The van der Waals surface area contributed by atoms with Crippen LogP contribution < -0.4 is 0 Å². The van der Waals surface area contributed by atoms with Crippen LogP contribution in [0.4, 0.5) is 4.39 Å². The number of carbonyl (C=O) groups is 1. The van der Waals surface area contributed by atoms with Gasteiger partial charge in [-0.3, -0.25) is 0 Å². The molecule has 1 aromatic carbocycles. The van der Waals surface area contributed by atoms with E-state index in [4.69, 9.17) is 0 Å². The predicted molar refractivity (Wildman–Crippen MR) is 61.9 cm³/mol. The van der Waals surface area contributed by atoms with Gasteiger partial charge in [0.05, 0.1) is 7.11 Å². The van der Waals surface area contributed by atoms with E-state index < -0.39 is 12.1 Å². The number of hydrogen-bond donors (Lipinski definition) is 0. The van der Waals surface area contributed by atoms with Gasteiger partial charge in [-0.15, -0.1) is 0 Å². The second kappa shape index (κ2) is 5.45. The molecule has 0 heterocycles. The second-order valence-corrected chi connectivity index (χ2v) is 3.71. The van der Waals surface area contributed by atoms with Gasteiger partial charge in [-0.05, 0) is 25.5 Å². The van der Waals surface area contributed by atoms with Gasteiger partial charge in [0.15, 0.2) is 0 Å². The Morgan fingerprint density at radius 2 is 1.88 bits per heavy atom. The third kappa shape index (κ3) is 3.50. The highest BCUT2D eigenvalue weighted by Crippen LogP contribution is 2.11. The number of rotatable bonds is 3. The van der Waals surface area contributed by atoms with E-state index in [1.165, 1.54) is 13.2 Å². The van der Waals surface area contributed by atoms with Crippen molar-refractivity contribution in [3.05, 3.63) is 41.0 Å². The zero-order valence-electron chi connectivity index (χ0n) is 9.66. The maximum atomic E-state index is 13.1. The molecule has 0 radical (unpaired) electrons. The molecule has 0 aliphatic heterocycles. The van der Waals surface area contributed by atoms with Gasteiger partial charge in [-0.2, -0.15) is 0 Å². The number of esters is 1. The van der Waals surface area contributed by atoms with Crippen LogP contribution in [0.5, 0.6) is 0 Å². The normalized spacial score (nSPS) is 12.8. The lowest BCUT2D eigenvalue weighted by atomic mass is 10.1. The Hall–Kier alpha value is -1.64. The minimum atomic E-state index is -1.70. The molecule has 86 valence electrons. The molecule has 1 rings (SSSR count). The molecule has 0 amide bonds. The molecule has 0 spiro atoms. The van der Waals surface area contributed by atoms with Crippen LogP contribution in [0.1, 0.15) is 16.7 Å². The van der Waals surface area contributed by atoms with Gasteiger partial charge in [0, 0.05) is 0 Å². The summed E-state index contributed by atoms with van der Waals surface area (Å²) < 4.78 is 17.4. The van der Waals surface area contributed by atoms with Gasteiger partial charge >= 0.3 is 5.97 Å². The van der Waals surface area contributed by atoms with Crippen LogP contribution in [0.3, 0.4) is 0 Å². The number of halogens is 1. The first-order valence-electron chi connectivity index (χ1n) is 5.01. The van der Waals surface area contributed by atoms with Crippen molar-refractivity contribution in [1.29, 1.82) is 0 Å². The minimum Gasteiger partial charge on any atom is -0.467 e. The molecule has 16 heavy (non-hydrogen) atoms. The smallest absolute Gasteiger partial charge is 0.344 e. The molecule has 0 bridgehead atoms. The zero-order chi connectivity index (χ0) is 12.1. The summed E-state index contributed by atoms with van der Waals surface area (Å²) in [5, 5.41) is 0. The van der Waals surface area contributed by atoms with Gasteiger partial charge in [0.25, 0.3) is 0 Å². The van der Waals surface area contributed by atoms with E-state index in [0.29, 0.717) is 0 Å². The number of benzene rings is 1. The maximum absolute atomic E-state index is 13.1. The third-order valence-electron chi connectivity index (χ3n) is 2.13. The number of hydrogen-bond acceptors (Lipinski definition) is 2. The Labute approximate surface area is 94.7 Å². The van der Waals surface area contributed by atoms with Crippen molar-refractivity contribution in [2.24, 2.45) is 0 Å². The quantitative estimate of drug-likeness (QED) is 0.735. The van der Waals surface area contributed by atoms with E-state index in [0.717, 1.165) is 16.7 Å². The standard InChI is InChI=1S/C13H15FO2/c1-9-6-10(2)8-11(7-9)4-5-12(14)13(15)16-3/h4-8,12H,1-3H3/b5-4-/t12-/m0/s1. The molecule has 0 saturated carbocycles. The van der Waals surface area contributed by atoms with E-state index in [2.05, 4.69) is 4.74 Å². The highest BCUT2D eigenvalue weighted by Gasteiger charge is 2.12. The van der Waals surface area contributed by atoms with Crippen molar-refractivity contribution < 1.29 is 13.9 Å². The van der Waals surface area contributed by atoms with Crippen molar-refractivity contribution in [3.8, 4) is 0 Å². The molecule has 0 saturated heterocycles. The molecule has 0 aliphatic carbocycles. The van der Waals surface area contributed by atoms with E-state index in [1.54, 1.807) is 6.08 Å². The highest BCUT2D eigenvalue weighted by atomic mass is 19.1. The maximum Gasteiger partial charge on any atom is 0.344 e. The van der Waals surface area contributed by atoms with Gasteiger partial charge in [0.1, 0.15) is 0 Å². The first-order valence-corrected chi connectivity index (χ1v) is 5.01. The summed E-state index contributed by atoms with van der Waals surface area (Å²) in [7, 11) is 1.17. The summed E-state index contributed by atoms with van der Waals surface area (Å²) in [6.07, 6.45) is 1.08. The topological polar surface area (TPSA) is 26.3 Å². The number of aryl methyl sites for hydroxylation is 2. The van der Waals surface area contributed by atoms with E-state index >= 15 is 0 Å². The fourth-order valence-electron chi connectivity index (χ4n) is 1.49. The monoisotopic (exact) mass is 222 g/mol. The van der Waals surface area contributed by atoms with Crippen LogP contribution in [-0.4, -0.2) is 19.3 Å². The van der Waals surface area contributed by atoms with Crippen molar-refractivity contribution in [2.45, 2.75) is 20.0 Å². The molecule has 3 heteroatoms. The van der Waals surface area contributed by atoms with Crippen LogP contribution >= 0.6 is 0 Å². The Morgan fingerprint density at radius 1 is 1.31 bits per heavy atom. The average molecular weight is 222 g/mol. The largest absolute Gasteiger partial charge is 0.467 e. The molecule has 0 aliphatic rings. The Kier molecular flexibility index (Phi) is 4.23. The third-order valence-corrected chi connectivity index (χ3v) is 2.13. The van der Waals surface area contributed by atoms with Crippen molar-refractivity contribution in [2.75, 3.05) is 7.11 Å². The van der Waals surface area contributed by atoms with Crippen LogP contribution in [0.25, 0.3) is 6.08 Å². The summed E-state index contributed by atoms with van der Waals surface area (Å²) in [5.41, 5.74) is 3.09. The van der Waals surface area contributed by atoms with Crippen molar-refractivity contribution in [1.82, 2.24) is 0 Å². The molecule has 1 aromatic rings. The SMILES string of the molecule is COC(=O)[C@@H](F)/C=C\c1cc(C)cc(C)c1. The molecule has 2 nitrogen and oxygen atoms in total. The number of ether oxygens (including phenoxy) is 1. The second-order valence-electron chi connectivity index (χ2n) is 3.71. The summed E-state index contributed by atoms with van der Waals surface area (Å²) in [4.78, 5) is 10.8. The van der Waals surface area contributed by atoms with Gasteiger partial charge < -0.3 is 4.74 Å². The lowest BCUT2D eigenvalue weighted by molar-refractivity contribution is -0.144. The van der Waals surface area contributed by atoms with Crippen molar-refractivity contribution >= 4 is 12.0 Å². The van der Waals surface area contributed by atoms with E-state index in [1.807, 2.05) is 32.0 Å². The van der Waals surface area contributed by atoms with Crippen LogP contribution in [-0.2, 0) is 9.53 Å². The van der Waals surface area contributed by atoms with Crippen molar-refractivity contribution in [3.63, 3.8) is 0 Å². The number of alkyl halides is 1. The lowest BCUT2D eigenvalue weighted by Gasteiger charge is -2.01. The van der Waals surface area contributed by atoms with E-state index in [9.17, 15) is 9.18 Å². The van der Waals surface area contributed by atoms with Gasteiger partial charge in [-0.25, -0.2) is 9.18 Å². The molecule has 0 fully saturated rings. The van der Waals surface area contributed by atoms with E-state index in [-0.39, 0.29) is 0 Å². The average Bonchev–Trinajstić information content (AvgIpc) is 2.23. The van der Waals surface area contributed by atoms with Crippen LogP contribution in [0.2, 0.25) is 0 Å². The summed E-state index contributed by atoms with van der Waals surface area (Å²) >= 11 is 0. The fraction of sp³-hybridized carbons (Fsp3) is 0.308. The molecule has 1 atom stereocenters. The fourth-order valence-corrected chi connectivity index (χ4v) is 1.49. The Morgan fingerprint density at radius 3 is 2.38 bits per heavy atom. The van der Waals surface area contributed by atoms with Gasteiger partial charge in [0.2, 0.25) is 6.17 Å². The Bertz CT molecular complexity index is 390. The molecule has 0 aromatic heterocycles. The molecule has 0 unspecified atom stereocenters. The summed E-state index contributed by atoms with van der Waals surface area (Å²) in [6.45, 7) is 3.94. The van der Waals surface area contributed by atoms with Crippen LogP contribution in [0.15, 0.2) is 24.3 Å². The molecular weight excluding hydrogens is 207 g/mol. The minimum absolute atomic E-state index is 0.874.